The van der Waals surface area contributed by atoms with Crippen molar-refractivity contribution in [3.63, 3.8) is 0 Å². The molecule has 1 amide bonds. The van der Waals surface area contributed by atoms with E-state index in [0.717, 1.165) is 50.0 Å². The van der Waals surface area contributed by atoms with Crippen LogP contribution < -0.4 is 0 Å². The Morgan fingerprint density at radius 3 is 2.46 bits per heavy atom. The van der Waals surface area contributed by atoms with Gasteiger partial charge in [-0.2, -0.15) is 0 Å². The lowest BCUT2D eigenvalue weighted by Gasteiger charge is -2.34. The lowest BCUT2D eigenvalue weighted by atomic mass is 10.1. The highest BCUT2D eigenvalue weighted by Crippen LogP contribution is 2.19. The average Bonchev–Trinajstić information content (AvgIpc) is 3.12. The highest BCUT2D eigenvalue weighted by Gasteiger charge is 2.23. The van der Waals surface area contributed by atoms with Crippen molar-refractivity contribution in [3.8, 4) is 0 Å². The summed E-state index contributed by atoms with van der Waals surface area (Å²) in [5, 5.41) is 1.10. The van der Waals surface area contributed by atoms with Crippen LogP contribution in [-0.2, 0) is 13.0 Å². The van der Waals surface area contributed by atoms with E-state index in [2.05, 4.69) is 59.3 Å². The molecule has 1 fully saturated rings. The van der Waals surface area contributed by atoms with E-state index in [0.29, 0.717) is 5.69 Å². The molecule has 2 aromatic carbocycles. The van der Waals surface area contributed by atoms with Gasteiger partial charge in [0.1, 0.15) is 5.69 Å². The summed E-state index contributed by atoms with van der Waals surface area (Å²) in [5.41, 5.74) is 4.36. The largest absolute Gasteiger partial charge is 0.351 e. The molecule has 0 atom stereocenters. The second kappa shape index (κ2) is 7.34. The van der Waals surface area contributed by atoms with Crippen molar-refractivity contribution in [3.05, 3.63) is 71.4 Å². The number of H-pyrrole nitrogens is 1. The molecule has 1 N–H and O–H groups in total. The molecule has 0 spiro atoms. The van der Waals surface area contributed by atoms with Crippen molar-refractivity contribution in [2.45, 2.75) is 19.9 Å². The minimum Gasteiger partial charge on any atom is -0.351 e. The monoisotopic (exact) mass is 347 g/mol. The number of piperazine rings is 1. The molecule has 134 valence electrons. The molecule has 0 unspecified atom stereocenters. The third-order valence-electron chi connectivity index (χ3n) is 5.23. The van der Waals surface area contributed by atoms with Gasteiger partial charge in [0.05, 0.1) is 0 Å². The third kappa shape index (κ3) is 3.51. The van der Waals surface area contributed by atoms with E-state index in [1.165, 1.54) is 11.1 Å². The van der Waals surface area contributed by atoms with Gasteiger partial charge < -0.3 is 9.88 Å². The smallest absolute Gasteiger partial charge is 0.270 e. The lowest BCUT2D eigenvalue weighted by Crippen LogP contribution is -2.48. The van der Waals surface area contributed by atoms with Gasteiger partial charge in [-0.25, -0.2) is 0 Å². The van der Waals surface area contributed by atoms with E-state index in [9.17, 15) is 4.79 Å². The Hall–Kier alpha value is -2.59. The number of carbonyl (C=O) groups excluding carboxylic acids is 1. The first kappa shape index (κ1) is 16.9. The minimum absolute atomic E-state index is 0.110. The number of benzene rings is 2. The Bertz CT molecular complexity index is 892. The van der Waals surface area contributed by atoms with Crippen LogP contribution in [0.3, 0.4) is 0 Å². The Kier molecular flexibility index (Phi) is 4.76. The number of aromatic amines is 1. The fourth-order valence-electron chi connectivity index (χ4n) is 3.63. The number of carbonyl (C=O) groups is 1. The van der Waals surface area contributed by atoms with Crippen LogP contribution in [0.4, 0.5) is 0 Å². The van der Waals surface area contributed by atoms with Crippen LogP contribution >= 0.6 is 0 Å². The summed E-state index contributed by atoms with van der Waals surface area (Å²) < 4.78 is 0. The van der Waals surface area contributed by atoms with E-state index >= 15 is 0 Å². The van der Waals surface area contributed by atoms with Crippen molar-refractivity contribution in [2.75, 3.05) is 26.2 Å². The summed E-state index contributed by atoms with van der Waals surface area (Å²) in [7, 11) is 0. The maximum Gasteiger partial charge on any atom is 0.270 e. The Balaban J connectivity index is 1.40. The molecule has 1 saturated heterocycles. The minimum atomic E-state index is 0.110. The lowest BCUT2D eigenvalue weighted by molar-refractivity contribution is 0.0623. The summed E-state index contributed by atoms with van der Waals surface area (Å²) in [6, 6.07) is 18.9. The van der Waals surface area contributed by atoms with Crippen LogP contribution in [0.5, 0.6) is 0 Å². The fraction of sp³-hybridized carbons (Fsp3) is 0.318. The van der Waals surface area contributed by atoms with Crippen LogP contribution in [0.2, 0.25) is 0 Å². The zero-order chi connectivity index (χ0) is 17.9. The van der Waals surface area contributed by atoms with Gasteiger partial charge >= 0.3 is 0 Å². The summed E-state index contributed by atoms with van der Waals surface area (Å²) >= 11 is 0. The van der Waals surface area contributed by atoms with Crippen molar-refractivity contribution in [2.24, 2.45) is 0 Å². The van der Waals surface area contributed by atoms with E-state index in [1.54, 1.807) is 0 Å². The first-order valence-corrected chi connectivity index (χ1v) is 9.40. The normalized spacial score (nSPS) is 15.5. The summed E-state index contributed by atoms with van der Waals surface area (Å²) in [6.45, 7) is 6.49. The fourth-order valence-corrected chi connectivity index (χ4v) is 3.63. The maximum atomic E-state index is 12.9. The van der Waals surface area contributed by atoms with Gasteiger partial charge in [-0.15, -0.1) is 0 Å². The van der Waals surface area contributed by atoms with Crippen molar-refractivity contribution < 1.29 is 4.79 Å². The standard InChI is InChI=1S/C22H25N3O/c1-2-17-8-9-19-15-21(23-20(19)14-17)22(26)25-12-10-24(11-13-25)16-18-6-4-3-5-7-18/h3-9,14-15,23H,2,10-13,16H2,1H3. The SMILES string of the molecule is CCc1ccc2cc(C(=O)N3CCN(Cc4ccccc4)CC3)[nH]c2c1. The molecule has 26 heavy (non-hydrogen) atoms. The maximum absolute atomic E-state index is 12.9. The number of aromatic nitrogens is 1. The highest BCUT2D eigenvalue weighted by atomic mass is 16.2. The third-order valence-corrected chi connectivity index (χ3v) is 5.23. The number of fused-ring (bicyclic) bond motifs is 1. The molecule has 4 rings (SSSR count). The Labute approximate surface area is 154 Å². The number of amides is 1. The number of hydrogen-bond donors (Lipinski definition) is 1. The number of nitrogens with zero attached hydrogens (tertiary/aromatic N) is 2. The van der Waals surface area contributed by atoms with Crippen LogP contribution in [0, 0.1) is 0 Å². The average molecular weight is 347 g/mol. The van der Waals surface area contributed by atoms with Gasteiger partial charge in [-0.1, -0.05) is 49.4 Å². The first-order chi connectivity index (χ1) is 12.7. The van der Waals surface area contributed by atoms with Crippen molar-refractivity contribution in [1.29, 1.82) is 0 Å². The van der Waals surface area contributed by atoms with Gasteiger partial charge in [0, 0.05) is 43.6 Å². The molecular weight excluding hydrogens is 322 g/mol. The summed E-state index contributed by atoms with van der Waals surface area (Å²) in [4.78, 5) is 20.6. The molecule has 3 aromatic rings. The number of rotatable bonds is 4. The first-order valence-electron chi connectivity index (χ1n) is 9.40. The number of hydrogen-bond acceptors (Lipinski definition) is 2. The van der Waals surface area contributed by atoms with Gasteiger partial charge in [-0.3, -0.25) is 9.69 Å². The zero-order valence-corrected chi connectivity index (χ0v) is 15.2. The summed E-state index contributed by atoms with van der Waals surface area (Å²) in [6.07, 6.45) is 1.00. The van der Waals surface area contributed by atoms with Gasteiger partial charge in [0.25, 0.3) is 5.91 Å². The highest BCUT2D eigenvalue weighted by molar-refractivity contribution is 5.98. The van der Waals surface area contributed by atoms with Gasteiger partial charge in [-0.05, 0) is 29.7 Å². The van der Waals surface area contributed by atoms with Crippen LogP contribution in [-0.4, -0.2) is 46.9 Å². The van der Waals surface area contributed by atoms with E-state index < -0.39 is 0 Å². The number of aryl methyl sites for hydroxylation is 1. The molecule has 1 aliphatic rings. The molecular formula is C22H25N3O. The van der Waals surface area contributed by atoms with E-state index in [-0.39, 0.29) is 5.91 Å². The Morgan fingerprint density at radius 1 is 0.962 bits per heavy atom. The Morgan fingerprint density at radius 2 is 1.73 bits per heavy atom. The van der Waals surface area contributed by atoms with Crippen molar-refractivity contribution >= 4 is 16.8 Å². The van der Waals surface area contributed by atoms with Crippen LogP contribution in [0.25, 0.3) is 10.9 Å². The van der Waals surface area contributed by atoms with Crippen LogP contribution in [0.1, 0.15) is 28.5 Å². The zero-order valence-electron chi connectivity index (χ0n) is 15.2. The summed E-state index contributed by atoms with van der Waals surface area (Å²) in [5.74, 6) is 0.110. The van der Waals surface area contributed by atoms with E-state index in [4.69, 9.17) is 0 Å². The predicted molar refractivity (Wildman–Crippen MR) is 105 cm³/mol. The molecule has 4 nitrogen and oxygen atoms in total. The van der Waals surface area contributed by atoms with E-state index in [1.807, 2.05) is 17.0 Å². The molecule has 0 aliphatic carbocycles. The topological polar surface area (TPSA) is 39.3 Å². The van der Waals surface area contributed by atoms with Crippen molar-refractivity contribution in [1.82, 2.24) is 14.8 Å². The second-order valence-electron chi connectivity index (χ2n) is 7.01. The molecule has 0 bridgehead atoms. The quantitative estimate of drug-likeness (QED) is 0.782. The molecule has 1 aliphatic heterocycles. The predicted octanol–water partition coefficient (Wildman–Crippen LogP) is 3.69. The number of nitrogens with one attached hydrogen (secondary N) is 1. The molecule has 1 aromatic heterocycles. The van der Waals surface area contributed by atoms with Gasteiger partial charge in [0.15, 0.2) is 0 Å². The van der Waals surface area contributed by atoms with Crippen LogP contribution in [0.15, 0.2) is 54.6 Å². The molecule has 0 saturated carbocycles. The molecule has 0 radical (unpaired) electrons. The molecule has 2 heterocycles. The second-order valence-corrected chi connectivity index (χ2v) is 7.01. The molecule has 4 heteroatoms. The van der Waals surface area contributed by atoms with Gasteiger partial charge in [0.2, 0.25) is 0 Å².